The number of carbonyl (C=O) groups excluding carboxylic acids is 2. The van der Waals surface area contributed by atoms with E-state index in [9.17, 15) is 9.59 Å². The Labute approximate surface area is 190 Å². The molecule has 4 rings (SSSR count). The number of nitrogens with zero attached hydrogens (tertiary/aromatic N) is 2. The second kappa shape index (κ2) is 9.65. The third-order valence-electron chi connectivity index (χ3n) is 5.09. The van der Waals surface area contributed by atoms with Gasteiger partial charge in [-0.3, -0.25) is 9.59 Å². The van der Waals surface area contributed by atoms with E-state index in [4.69, 9.17) is 4.74 Å². The molecule has 2 aromatic carbocycles. The lowest BCUT2D eigenvalue weighted by Gasteiger charge is -2.15. The summed E-state index contributed by atoms with van der Waals surface area (Å²) in [6.45, 7) is 2.13. The van der Waals surface area contributed by atoms with Crippen molar-refractivity contribution in [3.8, 4) is 10.9 Å². The summed E-state index contributed by atoms with van der Waals surface area (Å²) >= 11 is 1.51. The molecule has 0 aliphatic heterocycles. The molecule has 0 saturated carbocycles. The standard InChI is InChI=1S/C24H24N4O3S/c1-16(22(29)25-12-11-17-7-3-4-8-20(17)31-2)26-23(30)18-9-10-19-21(15-18)32-24(27-19)28-13-5-6-14-28/h3-10,13-16H,11-12H2,1-2H3,(H,25,29)(H,26,30). The fraction of sp³-hybridized carbons (Fsp3) is 0.208. The number of methoxy groups -OCH3 is 1. The summed E-state index contributed by atoms with van der Waals surface area (Å²) in [4.78, 5) is 29.7. The maximum atomic E-state index is 12.7. The van der Waals surface area contributed by atoms with E-state index in [2.05, 4.69) is 15.6 Å². The fourth-order valence-corrected chi connectivity index (χ4v) is 4.33. The van der Waals surface area contributed by atoms with Crippen molar-refractivity contribution in [2.24, 2.45) is 0 Å². The minimum atomic E-state index is -0.659. The van der Waals surface area contributed by atoms with Gasteiger partial charge in [-0.1, -0.05) is 29.5 Å². The molecule has 7 nitrogen and oxygen atoms in total. The van der Waals surface area contributed by atoms with Crippen LogP contribution in [-0.2, 0) is 11.2 Å². The summed E-state index contributed by atoms with van der Waals surface area (Å²) < 4.78 is 8.17. The van der Waals surface area contributed by atoms with Gasteiger partial charge in [0.2, 0.25) is 5.91 Å². The monoisotopic (exact) mass is 448 g/mol. The first-order chi connectivity index (χ1) is 15.5. The average Bonchev–Trinajstić information content (AvgIpc) is 3.48. The van der Waals surface area contributed by atoms with Crippen LogP contribution >= 0.6 is 11.3 Å². The highest BCUT2D eigenvalue weighted by Gasteiger charge is 2.17. The lowest BCUT2D eigenvalue weighted by atomic mass is 10.1. The van der Waals surface area contributed by atoms with E-state index in [0.717, 1.165) is 26.7 Å². The van der Waals surface area contributed by atoms with Crippen molar-refractivity contribution in [3.63, 3.8) is 0 Å². The lowest BCUT2D eigenvalue weighted by molar-refractivity contribution is -0.122. The topological polar surface area (TPSA) is 85.2 Å². The first kappa shape index (κ1) is 21.6. The summed E-state index contributed by atoms with van der Waals surface area (Å²) in [7, 11) is 1.62. The molecule has 2 N–H and O–H groups in total. The Morgan fingerprint density at radius 2 is 1.91 bits per heavy atom. The Balaban J connectivity index is 1.34. The Morgan fingerprint density at radius 3 is 2.69 bits per heavy atom. The molecule has 0 saturated heterocycles. The minimum absolute atomic E-state index is 0.234. The Kier molecular flexibility index (Phi) is 6.51. The van der Waals surface area contributed by atoms with Gasteiger partial charge in [-0.05, 0) is 55.3 Å². The number of amides is 2. The summed E-state index contributed by atoms with van der Waals surface area (Å²) in [5, 5.41) is 6.48. The number of para-hydroxylation sites is 1. The lowest BCUT2D eigenvalue weighted by Crippen LogP contribution is -2.45. The van der Waals surface area contributed by atoms with E-state index >= 15 is 0 Å². The number of rotatable bonds is 8. The highest BCUT2D eigenvalue weighted by atomic mass is 32.1. The maximum absolute atomic E-state index is 12.7. The predicted molar refractivity (Wildman–Crippen MR) is 126 cm³/mol. The molecule has 0 radical (unpaired) electrons. The molecule has 1 unspecified atom stereocenters. The SMILES string of the molecule is COc1ccccc1CCNC(=O)C(C)NC(=O)c1ccc2nc(-n3cccc3)sc2c1. The zero-order valence-electron chi connectivity index (χ0n) is 17.9. The summed E-state index contributed by atoms with van der Waals surface area (Å²) in [5.74, 6) is 0.263. The van der Waals surface area contributed by atoms with Crippen LogP contribution < -0.4 is 15.4 Å². The maximum Gasteiger partial charge on any atom is 0.251 e. The van der Waals surface area contributed by atoms with Gasteiger partial charge in [-0.2, -0.15) is 0 Å². The van der Waals surface area contributed by atoms with Crippen molar-refractivity contribution in [2.75, 3.05) is 13.7 Å². The Hall–Kier alpha value is -3.65. The zero-order chi connectivity index (χ0) is 22.5. The van der Waals surface area contributed by atoms with Gasteiger partial charge < -0.3 is 19.9 Å². The van der Waals surface area contributed by atoms with Crippen LogP contribution in [-0.4, -0.2) is 41.1 Å². The number of thiazole rings is 1. The molecule has 164 valence electrons. The molecule has 1 atom stereocenters. The minimum Gasteiger partial charge on any atom is -0.496 e. The van der Waals surface area contributed by atoms with E-state index in [0.29, 0.717) is 18.5 Å². The van der Waals surface area contributed by atoms with Gasteiger partial charge in [-0.25, -0.2) is 4.98 Å². The van der Waals surface area contributed by atoms with Crippen LogP contribution in [0.2, 0.25) is 0 Å². The molecular weight excluding hydrogens is 424 g/mol. The number of hydrogen-bond donors (Lipinski definition) is 2. The molecule has 2 heterocycles. The van der Waals surface area contributed by atoms with Crippen molar-refractivity contribution in [3.05, 3.63) is 78.1 Å². The quantitative estimate of drug-likeness (QED) is 0.432. The largest absolute Gasteiger partial charge is 0.496 e. The molecule has 0 aliphatic carbocycles. The molecule has 32 heavy (non-hydrogen) atoms. The number of benzene rings is 2. The van der Waals surface area contributed by atoms with Gasteiger partial charge in [-0.15, -0.1) is 0 Å². The fourth-order valence-electron chi connectivity index (χ4n) is 3.35. The van der Waals surface area contributed by atoms with Crippen LogP contribution in [0.3, 0.4) is 0 Å². The number of fused-ring (bicyclic) bond motifs is 1. The molecule has 0 aliphatic rings. The molecule has 0 fully saturated rings. The van der Waals surface area contributed by atoms with Crippen LogP contribution in [0.25, 0.3) is 15.3 Å². The molecule has 8 heteroatoms. The second-order valence-corrected chi connectivity index (χ2v) is 8.33. The van der Waals surface area contributed by atoms with Gasteiger partial charge in [0.05, 0.1) is 17.3 Å². The van der Waals surface area contributed by atoms with Gasteiger partial charge in [0.25, 0.3) is 5.91 Å². The number of ether oxygens (including phenoxy) is 1. The zero-order valence-corrected chi connectivity index (χ0v) is 18.7. The van der Waals surface area contributed by atoms with Crippen molar-refractivity contribution >= 4 is 33.4 Å². The van der Waals surface area contributed by atoms with Crippen molar-refractivity contribution < 1.29 is 14.3 Å². The van der Waals surface area contributed by atoms with Crippen LogP contribution in [0.15, 0.2) is 67.0 Å². The molecule has 0 bridgehead atoms. The Morgan fingerprint density at radius 1 is 1.12 bits per heavy atom. The van der Waals surface area contributed by atoms with Crippen molar-refractivity contribution in [2.45, 2.75) is 19.4 Å². The summed E-state index contributed by atoms with van der Waals surface area (Å²) in [6, 6.07) is 16.3. The van der Waals surface area contributed by atoms with Crippen LogP contribution in [0, 0.1) is 0 Å². The van der Waals surface area contributed by atoms with E-state index in [1.165, 1.54) is 11.3 Å². The highest BCUT2D eigenvalue weighted by molar-refractivity contribution is 7.20. The number of nitrogens with one attached hydrogen (secondary N) is 2. The number of hydrogen-bond acceptors (Lipinski definition) is 5. The summed E-state index contributed by atoms with van der Waals surface area (Å²) in [6.07, 6.45) is 4.50. The van der Waals surface area contributed by atoms with Gasteiger partial charge in [0, 0.05) is 24.5 Å². The normalized spacial score (nSPS) is 11.8. The van der Waals surface area contributed by atoms with Crippen molar-refractivity contribution in [1.29, 1.82) is 0 Å². The van der Waals surface area contributed by atoms with E-state index in [1.807, 2.05) is 65.5 Å². The smallest absolute Gasteiger partial charge is 0.251 e. The van der Waals surface area contributed by atoms with Crippen LogP contribution in [0.4, 0.5) is 0 Å². The van der Waals surface area contributed by atoms with Crippen LogP contribution in [0.1, 0.15) is 22.8 Å². The van der Waals surface area contributed by atoms with Gasteiger partial charge in [0.15, 0.2) is 5.13 Å². The molecule has 2 amide bonds. The molecule has 4 aromatic rings. The van der Waals surface area contributed by atoms with E-state index < -0.39 is 6.04 Å². The first-order valence-corrected chi connectivity index (χ1v) is 11.1. The number of aromatic nitrogens is 2. The molecular formula is C24H24N4O3S. The highest BCUT2D eigenvalue weighted by Crippen LogP contribution is 2.26. The third-order valence-corrected chi connectivity index (χ3v) is 6.12. The number of carbonyl (C=O) groups is 2. The van der Waals surface area contributed by atoms with Crippen molar-refractivity contribution in [1.82, 2.24) is 20.2 Å². The second-order valence-electron chi connectivity index (χ2n) is 7.32. The predicted octanol–water partition coefficient (Wildman–Crippen LogP) is 3.57. The van der Waals surface area contributed by atoms with Gasteiger partial charge in [0.1, 0.15) is 11.8 Å². The Bertz CT molecular complexity index is 1230. The first-order valence-electron chi connectivity index (χ1n) is 10.3. The third kappa shape index (κ3) is 4.81. The summed E-state index contributed by atoms with van der Waals surface area (Å²) in [5.41, 5.74) is 2.34. The molecule has 2 aromatic heterocycles. The van der Waals surface area contributed by atoms with E-state index in [-0.39, 0.29) is 11.8 Å². The van der Waals surface area contributed by atoms with E-state index in [1.54, 1.807) is 20.1 Å². The van der Waals surface area contributed by atoms with Crippen LogP contribution in [0.5, 0.6) is 5.75 Å². The molecule has 0 spiro atoms. The average molecular weight is 449 g/mol. The van der Waals surface area contributed by atoms with Gasteiger partial charge >= 0.3 is 0 Å².